The third-order valence-electron chi connectivity index (χ3n) is 1.54. The summed E-state index contributed by atoms with van der Waals surface area (Å²) in [6.45, 7) is 8.79. The maximum Gasteiger partial charge on any atom is 0.0851 e. The molecule has 9 heavy (non-hydrogen) atoms. The fraction of sp³-hybridized carbons (Fsp3) is 1.00. The van der Waals surface area contributed by atoms with Gasteiger partial charge in [-0.1, -0.05) is 59.6 Å². The molecule has 0 radical (unpaired) electrons. The van der Waals surface area contributed by atoms with Crippen molar-refractivity contribution in [1.82, 2.24) is 0 Å². The highest BCUT2D eigenvalue weighted by Gasteiger charge is 2.30. The van der Waals surface area contributed by atoms with Crippen LogP contribution in [0.1, 0.15) is 27.7 Å². The summed E-state index contributed by atoms with van der Waals surface area (Å²) in [5.74, 6) is 1.25. The number of halogens is 2. The summed E-state index contributed by atoms with van der Waals surface area (Å²) in [5.41, 5.74) is 0. The minimum Gasteiger partial charge on any atom is -0.0722 e. The first-order valence-corrected chi connectivity index (χ1v) is 4.85. The van der Waals surface area contributed by atoms with Gasteiger partial charge in [0.1, 0.15) is 0 Å². The molecule has 0 saturated heterocycles. The van der Waals surface area contributed by atoms with Crippen LogP contribution in [0.2, 0.25) is 0 Å². The van der Waals surface area contributed by atoms with Crippen LogP contribution < -0.4 is 0 Å². The Morgan fingerprint density at radius 1 is 0.889 bits per heavy atom. The lowest BCUT2D eigenvalue weighted by molar-refractivity contribution is 0.467. The minimum absolute atomic E-state index is 0.125. The maximum atomic E-state index is 3.63. The van der Waals surface area contributed by atoms with E-state index in [0.717, 1.165) is 0 Å². The van der Waals surface area contributed by atoms with Crippen LogP contribution >= 0.6 is 31.9 Å². The molecule has 0 heterocycles. The Bertz CT molecular complexity index is 74.9. The van der Waals surface area contributed by atoms with Crippen molar-refractivity contribution in [2.75, 3.05) is 0 Å². The number of hydrogen-bond donors (Lipinski definition) is 0. The van der Waals surface area contributed by atoms with Gasteiger partial charge in [-0.05, 0) is 11.8 Å². The number of rotatable bonds is 2. The number of alkyl halides is 2. The molecule has 0 aromatic heterocycles. The van der Waals surface area contributed by atoms with Gasteiger partial charge < -0.3 is 0 Å². The molecule has 0 unspecified atom stereocenters. The van der Waals surface area contributed by atoms with Crippen LogP contribution in [-0.2, 0) is 0 Å². The lowest BCUT2D eigenvalue weighted by Gasteiger charge is -2.28. The molecule has 0 fully saturated rings. The molecule has 0 spiro atoms. The Kier molecular flexibility index (Phi) is 3.74. The van der Waals surface area contributed by atoms with E-state index in [1.807, 2.05) is 0 Å². The summed E-state index contributed by atoms with van der Waals surface area (Å²) < 4.78 is 0.125. The van der Waals surface area contributed by atoms with E-state index >= 15 is 0 Å². The van der Waals surface area contributed by atoms with Gasteiger partial charge in [0.2, 0.25) is 0 Å². The maximum absolute atomic E-state index is 3.63. The Morgan fingerprint density at radius 3 is 1.11 bits per heavy atom. The fourth-order valence-electron chi connectivity index (χ4n) is 0.667. The van der Waals surface area contributed by atoms with E-state index in [1.165, 1.54) is 0 Å². The quantitative estimate of drug-likeness (QED) is 0.661. The predicted octanol–water partition coefficient (Wildman–Crippen LogP) is 3.78. The third kappa shape index (κ3) is 2.58. The summed E-state index contributed by atoms with van der Waals surface area (Å²) in [4.78, 5) is 0. The van der Waals surface area contributed by atoms with E-state index in [1.54, 1.807) is 0 Å². The highest BCUT2D eigenvalue weighted by atomic mass is 79.9. The van der Waals surface area contributed by atoms with Crippen molar-refractivity contribution in [3.8, 4) is 0 Å². The Labute approximate surface area is 74.7 Å². The zero-order valence-corrected chi connectivity index (χ0v) is 9.58. The smallest absolute Gasteiger partial charge is 0.0722 e. The van der Waals surface area contributed by atoms with Gasteiger partial charge in [0.25, 0.3) is 0 Å². The lowest BCUT2D eigenvalue weighted by atomic mass is 10.0. The van der Waals surface area contributed by atoms with Crippen molar-refractivity contribution in [2.45, 2.75) is 30.9 Å². The Hall–Kier alpha value is 0.960. The van der Waals surface area contributed by atoms with E-state index in [9.17, 15) is 0 Å². The van der Waals surface area contributed by atoms with Gasteiger partial charge >= 0.3 is 0 Å². The van der Waals surface area contributed by atoms with Crippen LogP contribution in [0.25, 0.3) is 0 Å². The van der Waals surface area contributed by atoms with Crippen LogP contribution in [0.5, 0.6) is 0 Å². The van der Waals surface area contributed by atoms with Gasteiger partial charge in [0.15, 0.2) is 0 Å². The zero-order valence-electron chi connectivity index (χ0n) is 6.41. The van der Waals surface area contributed by atoms with Gasteiger partial charge in [-0.25, -0.2) is 0 Å². The molecular weight excluding hydrogens is 244 g/mol. The fourth-order valence-corrected chi connectivity index (χ4v) is 0.667. The first-order valence-electron chi connectivity index (χ1n) is 3.26. The van der Waals surface area contributed by atoms with Crippen LogP contribution in [0.4, 0.5) is 0 Å². The molecule has 2 heteroatoms. The van der Waals surface area contributed by atoms with Crippen LogP contribution in [0.15, 0.2) is 0 Å². The molecule has 0 aromatic rings. The van der Waals surface area contributed by atoms with E-state index in [4.69, 9.17) is 0 Å². The predicted molar refractivity (Wildman–Crippen MR) is 50.3 cm³/mol. The molecule has 0 bridgehead atoms. The summed E-state index contributed by atoms with van der Waals surface area (Å²) in [6, 6.07) is 0. The molecule has 0 aromatic carbocycles. The molecule has 0 saturated carbocycles. The van der Waals surface area contributed by atoms with E-state index in [0.29, 0.717) is 11.8 Å². The molecule has 0 N–H and O–H groups in total. The Morgan fingerprint density at radius 2 is 1.11 bits per heavy atom. The first kappa shape index (κ1) is 9.96. The van der Waals surface area contributed by atoms with Crippen molar-refractivity contribution < 1.29 is 0 Å². The Balaban J connectivity index is 4.01. The van der Waals surface area contributed by atoms with E-state index in [2.05, 4.69) is 59.6 Å². The lowest BCUT2D eigenvalue weighted by Crippen LogP contribution is -2.25. The second-order valence-corrected chi connectivity index (χ2v) is 6.67. The number of hydrogen-bond acceptors (Lipinski definition) is 0. The first-order chi connectivity index (χ1) is 3.89. The molecule has 0 nitrogen and oxygen atoms in total. The molecule has 0 rings (SSSR count). The summed E-state index contributed by atoms with van der Waals surface area (Å²) in [7, 11) is 0. The van der Waals surface area contributed by atoms with Gasteiger partial charge in [-0.2, -0.15) is 0 Å². The molecular formula is C7H14Br2. The minimum atomic E-state index is 0.125. The molecule has 56 valence electrons. The van der Waals surface area contributed by atoms with Crippen molar-refractivity contribution >= 4 is 31.9 Å². The van der Waals surface area contributed by atoms with Crippen molar-refractivity contribution in [3.63, 3.8) is 0 Å². The monoisotopic (exact) mass is 256 g/mol. The summed E-state index contributed by atoms with van der Waals surface area (Å²) in [6.07, 6.45) is 0. The van der Waals surface area contributed by atoms with Crippen molar-refractivity contribution in [1.29, 1.82) is 0 Å². The average Bonchev–Trinajstić information content (AvgIpc) is 1.65. The molecule has 0 aliphatic heterocycles. The standard InChI is InChI=1S/C7H14Br2/c1-5(2)7(8,9)6(3)4/h5-6H,1-4H3. The zero-order chi connectivity index (χ0) is 7.65. The SMILES string of the molecule is CC(C)C(Br)(Br)C(C)C. The van der Waals surface area contributed by atoms with Crippen LogP contribution in [0.3, 0.4) is 0 Å². The molecule has 0 aliphatic carbocycles. The normalized spacial score (nSPS) is 13.3. The molecule has 0 amide bonds. The summed E-state index contributed by atoms with van der Waals surface area (Å²) >= 11 is 7.25. The third-order valence-corrected chi connectivity index (χ3v) is 5.20. The van der Waals surface area contributed by atoms with Crippen molar-refractivity contribution in [2.24, 2.45) is 11.8 Å². The van der Waals surface area contributed by atoms with Crippen molar-refractivity contribution in [3.05, 3.63) is 0 Å². The summed E-state index contributed by atoms with van der Waals surface area (Å²) in [5, 5.41) is 0. The highest BCUT2D eigenvalue weighted by molar-refractivity contribution is 9.25. The van der Waals surface area contributed by atoms with Gasteiger partial charge in [-0.15, -0.1) is 0 Å². The van der Waals surface area contributed by atoms with Crippen LogP contribution in [-0.4, -0.2) is 3.23 Å². The molecule has 0 aliphatic rings. The molecule has 0 atom stereocenters. The topological polar surface area (TPSA) is 0 Å². The van der Waals surface area contributed by atoms with Crippen LogP contribution in [0, 0.1) is 11.8 Å². The highest BCUT2D eigenvalue weighted by Crippen LogP contribution is 2.41. The largest absolute Gasteiger partial charge is 0.0851 e. The second-order valence-electron chi connectivity index (χ2n) is 2.98. The van der Waals surface area contributed by atoms with E-state index in [-0.39, 0.29) is 3.23 Å². The van der Waals surface area contributed by atoms with Gasteiger partial charge in [0, 0.05) is 0 Å². The van der Waals surface area contributed by atoms with Gasteiger partial charge in [0.05, 0.1) is 3.23 Å². The van der Waals surface area contributed by atoms with Gasteiger partial charge in [-0.3, -0.25) is 0 Å². The van der Waals surface area contributed by atoms with E-state index < -0.39 is 0 Å². The average molecular weight is 258 g/mol. The second kappa shape index (κ2) is 3.38.